The Hall–Kier alpha value is -2.60. The first kappa shape index (κ1) is 16.3. The Labute approximate surface area is 145 Å². The first-order chi connectivity index (χ1) is 11.7. The van der Waals surface area contributed by atoms with Gasteiger partial charge in [0.05, 0.1) is 18.1 Å². The van der Waals surface area contributed by atoms with Crippen LogP contribution in [-0.4, -0.2) is 26.2 Å². The predicted molar refractivity (Wildman–Crippen MR) is 95.1 cm³/mol. The fraction of sp³-hybridized carbons (Fsp3) is 0.167. The first-order valence-corrected chi connectivity index (χ1v) is 8.61. The number of carbonyl (C=O) groups is 1. The third-order valence-corrected chi connectivity index (χ3v) is 4.58. The molecule has 0 aliphatic carbocycles. The number of pyridine rings is 1. The summed E-state index contributed by atoms with van der Waals surface area (Å²) in [4.78, 5) is 21.2. The van der Waals surface area contributed by atoms with Gasteiger partial charge in [0.2, 0.25) is 5.91 Å². The van der Waals surface area contributed by atoms with Gasteiger partial charge in [-0.25, -0.2) is 4.98 Å². The van der Waals surface area contributed by atoms with E-state index in [-0.39, 0.29) is 11.9 Å². The van der Waals surface area contributed by atoms with Gasteiger partial charge >= 0.3 is 0 Å². The predicted octanol–water partition coefficient (Wildman–Crippen LogP) is 3.24. The van der Waals surface area contributed by atoms with Crippen LogP contribution in [0.25, 0.3) is 5.69 Å². The van der Waals surface area contributed by atoms with Crippen molar-refractivity contribution in [1.82, 2.24) is 19.9 Å². The van der Waals surface area contributed by atoms with Gasteiger partial charge in [0.1, 0.15) is 0 Å². The first-order valence-electron chi connectivity index (χ1n) is 7.63. The maximum absolute atomic E-state index is 12.2. The number of nitrogens with zero attached hydrogens (tertiary/aromatic N) is 3. The molecule has 0 fully saturated rings. The fourth-order valence-corrected chi connectivity index (χ4v) is 3.01. The second-order valence-electron chi connectivity index (χ2n) is 5.33. The Balaban J connectivity index is 1.59. The van der Waals surface area contributed by atoms with Crippen LogP contribution >= 0.6 is 11.8 Å². The van der Waals surface area contributed by atoms with Gasteiger partial charge in [0, 0.05) is 35.4 Å². The Bertz CT molecular complexity index is 790. The molecule has 0 radical (unpaired) electrons. The zero-order chi connectivity index (χ0) is 16.8. The van der Waals surface area contributed by atoms with Crippen molar-refractivity contribution in [2.24, 2.45) is 0 Å². The summed E-state index contributed by atoms with van der Waals surface area (Å²) in [5.41, 5.74) is 2.08. The smallest absolute Gasteiger partial charge is 0.230 e. The molecule has 0 aliphatic rings. The average Bonchev–Trinajstić information content (AvgIpc) is 3.16. The lowest BCUT2D eigenvalue weighted by Crippen LogP contribution is -2.28. The van der Waals surface area contributed by atoms with Crippen LogP contribution in [0.2, 0.25) is 0 Å². The normalized spacial score (nSPS) is 11.9. The quantitative estimate of drug-likeness (QED) is 0.701. The summed E-state index contributed by atoms with van der Waals surface area (Å²) < 4.78 is 1.94. The van der Waals surface area contributed by atoms with E-state index in [2.05, 4.69) is 21.4 Å². The van der Waals surface area contributed by atoms with E-state index >= 15 is 0 Å². The fourth-order valence-electron chi connectivity index (χ4n) is 2.32. The highest BCUT2D eigenvalue weighted by atomic mass is 32.2. The van der Waals surface area contributed by atoms with Crippen molar-refractivity contribution in [3.63, 3.8) is 0 Å². The number of nitrogens with one attached hydrogen (secondary N) is 1. The summed E-state index contributed by atoms with van der Waals surface area (Å²) in [5.74, 6) is 0.396. The number of rotatable bonds is 6. The lowest BCUT2D eigenvalue weighted by Gasteiger charge is -2.15. The highest BCUT2D eigenvalue weighted by Crippen LogP contribution is 2.19. The molecule has 0 unspecified atom stereocenters. The molecule has 24 heavy (non-hydrogen) atoms. The van der Waals surface area contributed by atoms with Crippen LogP contribution in [0.3, 0.4) is 0 Å². The molecule has 122 valence electrons. The molecule has 1 N–H and O–H groups in total. The van der Waals surface area contributed by atoms with E-state index in [1.807, 2.05) is 48.0 Å². The van der Waals surface area contributed by atoms with Crippen LogP contribution in [0.4, 0.5) is 0 Å². The second kappa shape index (κ2) is 7.79. The Kier molecular flexibility index (Phi) is 5.28. The number of benzene rings is 1. The van der Waals surface area contributed by atoms with Gasteiger partial charge in [-0.05, 0) is 36.8 Å². The van der Waals surface area contributed by atoms with E-state index in [0.29, 0.717) is 5.75 Å². The molecule has 0 bridgehead atoms. The maximum atomic E-state index is 12.2. The van der Waals surface area contributed by atoms with E-state index < -0.39 is 0 Å². The van der Waals surface area contributed by atoms with Crippen LogP contribution in [0.5, 0.6) is 0 Å². The van der Waals surface area contributed by atoms with Gasteiger partial charge in [-0.1, -0.05) is 12.1 Å². The van der Waals surface area contributed by atoms with Crippen molar-refractivity contribution in [2.45, 2.75) is 17.9 Å². The van der Waals surface area contributed by atoms with Crippen LogP contribution in [-0.2, 0) is 4.79 Å². The molecule has 3 aromatic rings. The molecule has 3 rings (SSSR count). The van der Waals surface area contributed by atoms with E-state index in [1.165, 1.54) is 11.8 Å². The molecule has 0 saturated carbocycles. The van der Waals surface area contributed by atoms with Crippen LogP contribution in [0.15, 0.2) is 72.4 Å². The van der Waals surface area contributed by atoms with E-state index in [4.69, 9.17) is 0 Å². The minimum Gasteiger partial charge on any atom is -0.349 e. The van der Waals surface area contributed by atoms with E-state index in [0.717, 1.165) is 16.1 Å². The van der Waals surface area contributed by atoms with Crippen molar-refractivity contribution >= 4 is 17.7 Å². The molecular weight excluding hydrogens is 320 g/mol. The van der Waals surface area contributed by atoms with Crippen LogP contribution in [0.1, 0.15) is 18.5 Å². The number of hydrogen-bond acceptors (Lipinski definition) is 4. The average molecular weight is 338 g/mol. The molecule has 1 atom stereocenters. The number of thioether (sulfide) groups is 1. The minimum atomic E-state index is -0.0565. The Morgan fingerprint density at radius 3 is 2.79 bits per heavy atom. The van der Waals surface area contributed by atoms with Gasteiger partial charge < -0.3 is 9.88 Å². The van der Waals surface area contributed by atoms with E-state index in [9.17, 15) is 4.79 Å². The zero-order valence-corrected chi connectivity index (χ0v) is 14.1. The molecule has 0 aliphatic heterocycles. The lowest BCUT2D eigenvalue weighted by atomic mass is 10.1. The molecule has 2 heterocycles. The molecule has 0 saturated heterocycles. The summed E-state index contributed by atoms with van der Waals surface area (Å²) in [6, 6.07) is 11.8. The lowest BCUT2D eigenvalue weighted by molar-refractivity contribution is -0.119. The molecular formula is C18H18N4OS. The molecule has 0 spiro atoms. The maximum Gasteiger partial charge on any atom is 0.230 e. The van der Waals surface area contributed by atoms with Gasteiger partial charge in [0.15, 0.2) is 0 Å². The number of hydrogen-bond donors (Lipinski definition) is 1. The second-order valence-corrected chi connectivity index (χ2v) is 6.37. The van der Waals surface area contributed by atoms with Crippen molar-refractivity contribution < 1.29 is 4.79 Å². The monoisotopic (exact) mass is 338 g/mol. The van der Waals surface area contributed by atoms with Crippen LogP contribution in [0, 0.1) is 0 Å². The largest absolute Gasteiger partial charge is 0.349 e. The van der Waals surface area contributed by atoms with Crippen molar-refractivity contribution in [3.05, 3.63) is 73.1 Å². The molecule has 1 amide bonds. The number of carbonyl (C=O) groups excluding carboxylic acids is 1. The van der Waals surface area contributed by atoms with Gasteiger partial charge in [-0.15, -0.1) is 11.8 Å². The molecule has 2 aromatic heterocycles. The standard InChI is InChI=1S/C18H18N4OS/c1-14(21-18(23)12-24-17-5-7-19-8-6-17)15-3-2-4-16(11-15)22-10-9-20-13-22/h2-11,13-14H,12H2,1H3,(H,21,23)/t14-/m1/s1. The third-order valence-electron chi connectivity index (χ3n) is 3.57. The SMILES string of the molecule is C[C@@H](NC(=O)CSc1ccncc1)c1cccc(-n2ccnc2)c1. The van der Waals surface area contributed by atoms with Gasteiger partial charge in [-0.3, -0.25) is 9.78 Å². The summed E-state index contributed by atoms with van der Waals surface area (Å²) >= 11 is 1.50. The van der Waals surface area contributed by atoms with Crippen molar-refractivity contribution in [2.75, 3.05) is 5.75 Å². The summed E-state index contributed by atoms with van der Waals surface area (Å²) in [7, 11) is 0. The van der Waals surface area contributed by atoms with Gasteiger partial charge in [0.25, 0.3) is 0 Å². The summed E-state index contributed by atoms with van der Waals surface area (Å²) in [6.07, 6.45) is 8.85. The van der Waals surface area contributed by atoms with Crippen molar-refractivity contribution in [3.8, 4) is 5.69 Å². The summed E-state index contributed by atoms with van der Waals surface area (Å²) in [6.45, 7) is 1.99. The number of amides is 1. The minimum absolute atomic E-state index is 0.0114. The number of imidazole rings is 1. The van der Waals surface area contributed by atoms with Crippen molar-refractivity contribution in [1.29, 1.82) is 0 Å². The Morgan fingerprint density at radius 2 is 2.04 bits per heavy atom. The molecule has 1 aromatic carbocycles. The highest BCUT2D eigenvalue weighted by molar-refractivity contribution is 8.00. The van der Waals surface area contributed by atoms with Gasteiger partial charge in [-0.2, -0.15) is 0 Å². The third kappa shape index (κ3) is 4.23. The molecule has 5 nitrogen and oxygen atoms in total. The van der Waals surface area contributed by atoms with E-state index in [1.54, 1.807) is 24.9 Å². The topological polar surface area (TPSA) is 59.8 Å². The van der Waals surface area contributed by atoms with Crippen LogP contribution < -0.4 is 5.32 Å². The highest BCUT2D eigenvalue weighted by Gasteiger charge is 2.11. The zero-order valence-electron chi connectivity index (χ0n) is 13.3. The Morgan fingerprint density at radius 1 is 1.21 bits per heavy atom. The molecule has 6 heteroatoms. The number of aromatic nitrogens is 3. The summed E-state index contributed by atoms with van der Waals surface area (Å²) in [5, 5.41) is 3.04.